The molecular formula is C19H16ClN3O3. The predicted octanol–water partition coefficient (Wildman–Crippen LogP) is 5.42. The van der Waals surface area contributed by atoms with Crippen LogP contribution in [0.4, 0.5) is 5.69 Å². The molecule has 0 saturated carbocycles. The molecule has 0 amide bonds. The van der Waals surface area contributed by atoms with Gasteiger partial charge in [0.15, 0.2) is 0 Å². The minimum Gasteiger partial charge on any atom is -0.433 e. The van der Waals surface area contributed by atoms with Gasteiger partial charge in [-0.15, -0.1) is 0 Å². The van der Waals surface area contributed by atoms with Crippen LogP contribution >= 0.6 is 11.6 Å². The highest BCUT2D eigenvalue weighted by Crippen LogP contribution is 2.35. The standard InChI is InChI=1S/C19H16ClN3O3/c1-11-6-12(2)18(13(3)7-11)26-19-17(23(24)25)5-4-16(22-19)14-8-15(20)10-21-9-14/h4-10H,1-3H3. The van der Waals surface area contributed by atoms with Crippen LogP contribution in [-0.4, -0.2) is 14.9 Å². The highest BCUT2D eigenvalue weighted by atomic mass is 35.5. The van der Waals surface area contributed by atoms with Crippen LogP contribution in [0.2, 0.25) is 5.02 Å². The smallest absolute Gasteiger partial charge is 0.331 e. The molecule has 3 aromatic rings. The molecule has 3 rings (SSSR count). The van der Waals surface area contributed by atoms with Gasteiger partial charge in [0, 0.05) is 24.0 Å². The van der Waals surface area contributed by atoms with Crippen molar-refractivity contribution in [3.63, 3.8) is 0 Å². The Morgan fingerprint density at radius 2 is 1.77 bits per heavy atom. The van der Waals surface area contributed by atoms with Gasteiger partial charge in [0.1, 0.15) is 5.75 Å². The van der Waals surface area contributed by atoms with Gasteiger partial charge >= 0.3 is 5.69 Å². The monoisotopic (exact) mass is 369 g/mol. The number of halogens is 1. The maximum atomic E-state index is 11.4. The van der Waals surface area contributed by atoms with Gasteiger partial charge in [0.05, 0.1) is 15.6 Å². The summed E-state index contributed by atoms with van der Waals surface area (Å²) in [6, 6.07) is 8.53. The van der Waals surface area contributed by atoms with Crippen LogP contribution in [0, 0.1) is 30.9 Å². The zero-order valence-corrected chi connectivity index (χ0v) is 15.2. The van der Waals surface area contributed by atoms with E-state index in [9.17, 15) is 10.1 Å². The maximum Gasteiger partial charge on any atom is 0.331 e. The highest BCUT2D eigenvalue weighted by Gasteiger charge is 2.21. The Bertz CT molecular complexity index is 982. The molecular weight excluding hydrogens is 354 g/mol. The molecule has 6 nitrogen and oxygen atoms in total. The lowest BCUT2D eigenvalue weighted by molar-refractivity contribution is -0.386. The van der Waals surface area contributed by atoms with E-state index >= 15 is 0 Å². The fourth-order valence-electron chi connectivity index (χ4n) is 2.78. The number of hydrogen-bond acceptors (Lipinski definition) is 5. The normalized spacial score (nSPS) is 10.6. The highest BCUT2D eigenvalue weighted by molar-refractivity contribution is 6.30. The van der Waals surface area contributed by atoms with Gasteiger partial charge in [-0.2, -0.15) is 0 Å². The summed E-state index contributed by atoms with van der Waals surface area (Å²) in [4.78, 5) is 19.2. The van der Waals surface area contributed by atoms with Gasteiger partial charge in [-0.25, -0.2) is 4.98 Å². The molecule has 0 radical (unpaired) electrons. The second-order valence-corrected chi connectivity index (χ2v) is 6.44. The van der Waals surface area contributed by atoms with Crippen molar-refractivity contribution in [1.29, 1.82) is 0 Å². The number of ether oxygens (including phenoxy) is 1. The largest absolute Gasteiger partial charge is 0.433 e. The Hall–Kier alpha value is -2.99. The predicted molar refractivity (Wildman–Crippen MR) is 99.9 cm³/mol. The van der Waals surface area contributed by atoms with Crippen molar-refractivity contribution in [2.75, 3.05) is 0 Å². The van der Waals surface area contributed by atoms with Gasteiger partial charge in [0.25, 0.3) is 5.88 Å². The van der Waals surface area contributed by atoms with E-state index in [4.69, 9.17) is 16.3 Å². The molecule has 0 aliphatic carbocycles. The van der Waals surface area contributed by atoms with Crippen LogP contribution in [0.5, 0.6) is 11.6 Å². The Morgan fingerprint density at radius 3 is 2.38 bits per heavy atom. The van der Waals surface area contributed by atoms with Gasteiger partial charge in [-0.05, 0) is 44.0 Å². The van der Waals surface area contributed by atoms with Crippen LogP contribution in [0.3, 0.4) is 0 Å². The van der Waals surface area contributed by atoms with E-state index in [2.05, 4.69) is 9.97 Å². The third-order valence-corrected chi connectivity index (χ3v) is 4.05. The van der Waals surface area contributed by atoms with Gasteiger partial charge in [-0.3, -0.25) is 15.1 Å². The van der Waals surface area contributed by atoms with Crippen molar-refractivity contribution in [2.24, 2.45) is 0 Å². The Balaban J connectivity index is 2.10. The van der Waals surface area contributed by atoms with E-state index in [1.807, 2.05) is 32.9 Å². The lowest BCUT2D eigenvalue weighted by Gasteiger charge is -2.13. The molecule has 0 atom stereocenters. The second kappa shape index (κ2) is 7.09. The number of hydrogen-bond donors (Lipinski definition) is 0. The van der Waals surface area contributed by atoms with Crippen LogP contribution in [0.25, 0.3) is 11.3 Å². The van der Waals surface area contributed by atoms with Crippen molar-refractivity contribution in [3.05, 3.63) is 74.6 Å². The number of pyridine rings is 2. The lowest BCUT2D eigenvalue weighted by atomic mass is 10.1. The molecule has 1 aromatic carbocycles. The molecule has 2 aromatic heterocycles. The summed E-state index contributed by atoms with van der Waals surface area (Å²) in [5.41, 5.74) is 3.79. The molecule has 2 heterocycles. The molecule has 132 valence electrons. The van der Waals surface area contributed by atoms with E-state index in [0.29, 0.717) is 22.0 Å². The van der Waals surface area contributed by atoms with Crippen LogP contribution in [0.15, 0.2) is 42.7 Å². The fraction of sp³-hybridized carbons (Fsp3) is 0.158. The number of aryl methyl sites for hydroxylation is 3. The van der Waals surface area contributed by atoms with Crippen molar-refractivity contribution in [1.82, 2.24) is 9.97 Å². The first-order chi connectivity index (χ1) is 12.3. The molecule has 0 saturated heterocycles. The minimum absolute atomic E-state index is 0.0671. The van der Waals surface area contributed by atoms with E-state index in [1.54, 1.807) is 18.3 Å². The summed E-state index contributed by atoms with van der Waals surface area (Å²) in [7, 11) is 0. The average molecular weight is 370 g/mol. The average Bonchev–Trinajstić information content (AvgIpc) is 2.57. The maximum absolute atomic E-state index is 11.4. The first-order valence-corrected chi connectivity index (χ1v) is 8.25. The van der Waals surface area contributed by atoms with E-state index < -0.39 is 4.92 Å². The van der Waals surface area contributed by atoms with E-state index in [0.717, 1.165) is 16.7 Å². The number of nitro groups is 1. The van der Waals surface area contributed by atoms with Crippen molar-refractivity contribution in [2.45, 2.75) is 20.8 Å². The summed E-state index contributed by atoms with van der Waals surface area (Å²) in [5.74, 6) is 0.495. The minimum atomic E-state index is -0.513. The van der Waals surface area contributed by atoms with E-state index in [-0.39, 0.29) is 11.6 Å². The topological polar surface area (TPSA) is 78.2 Å². The number of nitrogens with zero attached hydrogens (tertiary/aromatic N) is 3. The molecule has 0 N–H and O–H groups in total. The first kappa shape index (κ1) is 17.8. The van der Waals surface area contributed by atoms with Crippen molar-refractivity contribution < 1.29 is 9.66 Å². The molecule has 0 aliphatic heterocycles. The van der Waals surface area contributed by atoms with Gasteiger partial charge < -0.3 is 4.74 Å². The van der Waals surface area contributed by atoms with Gasteiger partial charge in [0.2, 0.25) is 0 Å². The Kier molecular flexibility index (Phi) is 4.86. The zero-order chi connectivity index (χ0) is 18.8. The molecule has 0 bridgehead atoms. The zero-order valence-electron chi connectivity index (χ0n) is 14.5. The van der Waals surface area contributed by atoms with Crippen LogP contribution < -0.4 is 4.74 Å². The third-order valence-electron chi connectivity index (χ3n) is 3.84. The molecule has 0 spiro atoms. The fourth-order valence-corrected chi connectivity index (χ4v) is 2.96. The van der Waals surface area contributed by atoms with Crippen LogP contribution in [0.1, 0.15) is 16.7 Å². The molecule has 26 heavy (non-hydrogen) atoms. The molecule has 7 heteroatoms. The summed E-state index contributed by atoms with van der Waals surface area (Å²) in [6.45, 7) is 5.77. The van der Waals surface area contributed by atoms with E-state index in [1.165, 1.54) is 12.3 Å². The SMILES string of the molecule is Cc1cc(C)c(Oc2nc(-c3cncc(Cl)c3)ccc2[N+](=O)[O-])c(C)c1. The number of aromatic nitrogens is 2. The summed E-state index contributed by atoms with van der Waals surface area (Å²) in [6.07, 6.45) is 3.10. The summed E-state index contributed by atoms with van der Waals surface area (Å²) in [5, 5.41) is 11.8. The lowest BCUT2D eigenvalue weighted by Crippen LogP contribution is -2.00. The number of rotatable bonds is 4. The van der Waals surface area contributed by atoms with Gasteiger partial charge in [-0.1, -0.05) is 29.3 Å². The second-order valence-electron chi connectivity index (χ2n) is 6.00. The Morgan fingerprint density at radius 1 is 1.08 bits per heavy atom. The van der Waals surface area contributed by atoms with Crippen molar-refractivity contribution in [3.8, 4) is 22.9 Å². The third kappa shape index (κ3) is 3.65. The first-order valence-electron chi connectivity index (χ1n) is 7.87. The molecule has 0 fully saturated rings. The van der Waals surface area contributed by atoms with Crippen molar-refractivity contribution >= 4 is 17.3 Å². The van der Waals surface area contributed by atoms with Crippen LogP contribution in [-0.2, 0) is 0 Å². The summed E-state index contributed by atoms with van der Waals surface area (Å²) < 4.78 is 5.87. The Labute approximate surface area is 155 Å². The number of benzene rings is 1. The molecule has 0 aliphatic rings. The summed E-state index contributed by atoms with van der Waals surface area (Å²) >= 11 is 5.97. The molecule has 0 unspecified atom stereocenters. The quantitative estimate of drug-likeness (QED) is 0.453.